The lowest BCUT2D eigenvalue weighted by Gasteiger charge is -2.25. The van der Waals surface area contributed by atoms with E-state index in [1.54, 1.807) is 11.3 Å². The van der Waals surface area contributed by atoms with Crippen molar-refractivity contribution in [2.24, 2.45) is 5.92 Å². The first-order chi connectivity index (χ1) is 7.34. The van der Waals surface area contributed by atoms with Gasteiger partial charge in [0, 0.05) is 17.6 Å². The molecule has 1 fully saturated rings. The summed E-state index contributed by atoms with van der Waals surface area (Å²) in [5.74, 6) is 0.654. The molecule has 0 saturated heterocycles. The second-order valence-electron chi connectivity index (χ2n) is 4.29. The van der Waals surface area contributed by atoms with Crippen molar-refractivity contribution in [1.82, 2.24) is 10.3 Å². The summed E-state index contributed by atoms with van der Waals surface area (Å²) in [5, 5.41) is 13.0. The van der Waals surface area contributed by atoms with Crippen LogP contribution < -0.4 is 5.32 Å². The van der Waals surface area contributed by atoms with Gasteiger partial charge in [0.15, 0.2) is 0 Å². The zero-order valence-corrected chi connectivity index (χ0v) is 9.67. The Morgan fingerprint density at radius 1 is 1.53 bits per heavy atom. The highest BCUT2D eigenvalue weighted by Gasteiger charge is 2.19. The van der Waals surface area contributed by atoms with Crippen molar-refractivity contribution in [3.63, 3.8) is 0 Å². The average Bonchev–Trinajstić information content (AvgIpc) is 2.71. The van der Waals surface area contributed by atoms with Gasteiger partial charge in [-0.1, -0.05) is 6.42 Å². The van der Waals surface area contributed by atoms with Gasteiger partial charge in [-0.2, -0.15) is 0 Å². The molecule has 3 nitrogen and oxygen atoms in total. The summed E-state index contributed by atoms with van der Waals surface area (Å²) >= 11 is 1.69. The summed E-state index contributed by atoms with van der Waals surface area (Å²) < 4.78 is 0. The van der Waals surface area contributed by atoms with Crippen molar-refractivity contribution in [2.75, 3.05) is 6.54 Å². The molecular formula is C11H18N2OS. The fourth-order valence-corrected chi connectivity index (χ4v) is 2.74. The van der Waals surface area contributed by atoms with E-state index in [0.717, 1.165) is 25.9 Å². The fourth-order valence-electron chi connectivity index (χ4n) is 2.18. The van der Waals surface area contributed by atoms with Crippen molar-refractivity contribution < 1.29 is 5.11 Å². The monoisotopic (exact) mass is 226 g/mol. The highest BCUT2D eigenvalue weighted by molar-refractivity contribution is 7.09. The van der Waals surface area contributed by atoms with Gasteiger partial charge in [-0.05, 0) is 31.7 Å². The zero-order chi connectivity index (χ0) is 10.5. The van der Waals surface area contributed by atoms with E-state index >= 15 is 0 Å². The van der Waals surface area contributed by atoms with Crippen LogP contribution in [0.1, 0.15) is 30.6 Å². The first-order valence-electron chi connectivity index (χ1n) is 5.60. The Morgan fingerprint density at radius 2 is 2.47 bits per heavy atom. The summed E-state index contributed by atoms with van der Waals surface area (Å²) in [5.41, 5.74) is 1.86. The van der Waals surface area contributed by atoms with Gasteiger partial charge >= 0.3 is 0 Å². The molecule has 1 heterocycles. The van der Waals surface area contributed by atoms with Gasteiger partial charge in [0.25, 0.3) is 0 Å². The largest absolute Gasteiger partial charge is 0.393 e. The van der Waals surface area contributed by atoms with E-state index in [2.05, 4.69) is 10.3 Å². The lowest BCUT2D eigenvalue weighted by Crippen LogP contribution is -2.28. The van der Waals surface area contributed by atoms with Gasteiger partial charge in [0.2, 0.25) is 0 Å². The maximum Gasteiger partial charge on any atom is 0.0794 e. The molecule has 1 aromatic rings. The Labute approximate surface area is 94.5 Å². The third-order valence-corrected chi connectivity index (χ3v) is 3.75. The predicted octanol–water partition coefficient (Wildman–Crippen LogP) is 1.78. The molecule has 4 heteroatoms. The number of aromatic nitrogens is 1. The van der Waals surface area contributed by atoms with Crippen molar-refractivity contribution >= 4 is 11.3 Å². The molecule has 0 spiro atoms. The molecule has 0 aliphatic heterocycles. The Kier molecular flexibility index (Phi) is 4.11. The summed E-state index contributed by atoms with van der Waals surface area (Å²) in [6.45, 7) is 1.94. The van der Waals surface area contributed by atoms with Crippen molar-refractivity contribution in [3.8, 4) is 0 Å². The van der Waals surface area contributed by atoms with Gasteiger partial charge in [-0.25, -0.2) is 0 Å². The Hall–Kier alpha value is -0.450. The number of rotatable bonds is 4. The van der Waals surface area contributed by atoms with E-state index in [4.69, 9.17) is 0 Å². The fraction of sp³-hybridized carbons (Fsp3) is 0.727. The number of nitrogens with one attached hydrogen (secondary N) is 1. The van der Waals surface area contributed by atoms with Crippen LogP contribution in [0.15, 0.2) is 11.7 Å². The molecule has 1 aliphatic rings. The van der Waals surface area contributed by atoms with Crippen LogP contribution >= 0.6 is 11.3 Å². The zero-order valence-electron chi connectivity index (χ0n) is 8.85. The summed E-state index contributed by atoms with van der Waals surface area (Å²) in [6.07, 6.45) is 6.24. The number of thiazole rings is 1. The third-order valence-electron chi connectivity index (χ3n) is 2.97. The van der Waals surface area contributed by atoms with Crippen LogP contribution in [-0.2, 0) is 6.54 Å². The molecule has 0 radical (unpaired) electrons. The molecule has 0 bridgehead atoms. The van der Waals surface area contributed by atoms with Crippen molar-refractivity contribution in [2.45, 2.75) is 38.3 Å². The predicted molar refractivity (Wildman–Crippen MR) is 61.8 cm³/mol. The molecule has 2 atom stereocenters. The minimum atomic E-state index is -0.0612. The maximum atomic E-state index is 9.53. The molecule has 2 N–H and O–H groups in total. The molecule has 0 aromatic carbocycles. The molecule has 15 heavy (non-hydrogen) atoms. The van der Waals surface area contributed by atoms with Gasteiger partial charge < -0.3 is 10.4 Å². The Morgan fingerprint density at radius 3 is 3.20 bits per heavy atom. The highest BCUT2D eigenvalue weighted by Crippen LogP contribution is 2.23. The molecule has 2 rings (SSSR count). The minimum absolute atomic E-state index is 0.0612. The molecule has 2 unspecified atom stereocenters. The summed E-state index contributed by atoms with van der Waals surface area (Å²) in [4.78, 5) is 5.32. The molecule has 1 aromatic heterocycles. The Balaban J connectivity index is 1.65. The molecule has 84 valence electrons. The van der Waals surface area contributed by atoms with Gasteiger partial charge in [-0.3, -0.25) is 4.98 Å². The lowest BCUT2D eigenvalue weighted by atomic mass is 9.87. The van der Waals surface area contributed by atoms with Gasteiger partial charge in [0.05, 0.1) is 11.6 Å². The van der Waals surface area contributed by atoms with Crippen LogP contribution in [0.3, 0.4) is 0 Å². The number of hydrogen-bond acceptors (Lipinski definition) is 4. The van der Waals surface area contributed by atoms with Crippen LogP contribution in [-0.4, -0.2) is 22.7 Å². The minimum Gasteiger partial charge on any atom is -0.393 e. The van der Waals surface area contributed by atoms with E-state index in [-0.39, 0.29) is 6.10 Å². The standard InChI is InChI=1S/C11H18N2OS/c14-10-3-1-2-9(4-10)5-12-6-11-7-13-8-15-11/h7-10,12,14H,1-6H2. The lowest BCUT2D eigenvalue weighted by molar-refractivity contribution is 0.101. The molecule has 1 aliphatic carbocycles. The summed E-state index contributed by atoms with van der Waals surface area (Å²) in [6, 6.07) is 0. The molecular weight excluding hydrogens is 208 g/mol. The smallest absolute Gasteiger partial charge is 0.0794 e. The number of hydrogen-bond donors (Lipinski definition) is 2. The number of aliphatic hydroxyl groups is 1. The summed E-state index contributed by atoms with van der Waals surface area (Å²) in [7, 11) is 0. The molecule has 1 saturated carbocycles. The first kappa shape index (κ1) is 11.0. The van der Waals surface area contributed by atoms with Crippen LogP contribution in [0, 0.1) is 5.92 Å². The van der Waals surface area contributed by atoms with Crippen molar-refractivity contribution in [3.05, 3.63) is 16.6 Å². The van der Waals surface area contributed by atoms with E-state index in [1.807, 2.05) is 11.7 Å². The Bertz CT molecular complexity index is 276. The second kappa shape index (κ2) is 5.58. The second-order valence-corrected chi connectivity index (χ2v) is 5.26. The van der Waals surface area contributed by atoms with Gasteiger partial charge in [-0.15, -0.1) is 11.3 Å². The quantitative estimate of drug-likeness (QED) is 0.822. The first-order valence-corrected chi connectivity index (χ1v) is 6.48. The molecule has 0 amide bonds. The van der Waals surface area contributed by atoms with Crippen LogP contribution in [0.2, 0.25) is 0 Å². The van der Waals surface area contributed by atoms with E-state index in [0.29, 0.717) is 5.92 Å². The van der Waals surface area contributed by atoms with E-state index in [1.165, 1.54) is 17.7 Å². The average molecular weight is 226 g/mol. The van der Waals surface area contributed by atoms with Crippen LogP contribution in [0.4, 0.5) is 0 Å². The normalized spacial score (nSPS) is 26.7. The number of nitrogens with zero attached hydrogens (tertiary/aromatic N) is 1. The number of aliphatic hydroxyl groups excluding tert-OH is 1. The van der Waals surface area contributed by atoms with E-state index < -0.39 is 0 Å². The topological polar surface area (TPSA) is 45.1 Å². The third kappa shape index (κ3) is 3.55. The van der Waals surface area contributed by atoms with Crippen LogP contribution in [0.5, 0.6) is 0 Å². The SMILES string of the molecule is OC1CCCC(CNCc2cncs2)C1. The van der Waals surface area contributed by atoms with Crippen LogP contribution in [0.25, 0.3) is 0 Å². The van der Waals surface area contributed by atoms with Gasteiger partial charge in [0.1, 0.15) is 0 Å². The van der Waals surface area contributed by atoms with E-state index in [9.17, 15) is 5.11 Å². The highest BCUT2D eigenvalue weighted by atomic mass is 32.1. The van der Waals surface area contributed by atoms with Crippen molar-refractivity contribution in [1.29, 1.82) is 0 Å². The maximum absolute atomic E-state index is 9.53.